The summed E-state index contributed by atoms with van der Waals surface area (Å²) in [5.74, 6) is 0.694. The monoisotopic (exact) mass is 390 g/mol. The molecule has 0 aliphatic heterocycles. The second-order valence-corrected chi connectivity index (χ2v) is 7.15. The van der Waals surface area contributed by atoms with E-state index in [0.717, 1.165) is 29.8 Å². The number of aromatic nitrogens is 3. The summed E-state index contributed by atoms with van der Waals surface area (Å²) < 4.78 is 7.50. The van der Waals surface area contributed by atoms with Gasteiger partial charge in [0.25, 0.3) is 5.91 Å². The van der Waals surface area contributed by atoms with Crippen LogP contribution in [0.3, 0.4) is 0 Å². The van der Waals surface area contributed by atoms with Crippen LogP contribution in [0.4, 0.5) is 0 Å². The lowest BCUT2D eigenvalue weighted by Crippen LogP contribution is -2.28. The molecule has 3 aromatic rings. The fourth-order valence-electron chi connectivity index (χ4n) is 3.84. The maximum Gasteiger partial charge on any atom is 0.251 e. The number of nitrogens with one attached hydrogen (secondary N) is 1. The molecule has 29 heavy (non-hydrogen) atoms. The number of hydrogen-bond acceptors (Lipinski definition) is 4. The van der Waals surface area contributed by atoms with E-state index < -0.39 is 0 Å². The predicted molar refractivity (Wildman–Crippen MR) is 112 cm³/mol. The fourth-order valence-corrected chi connectivity index (χ4v) is 3.84. The molecule has 0 radical (unpaired) electrons. The molecule has 0 bridgehead atoms. The molecule has 1 aliphatic rings. The Morgan fingerprint density at radius 2 is 1.86 bits per heavy atom. The van der Waals surface area contributed by atoms with Gasteiger partial charge in [0.05, 0.1) is 18.8 Å². The van der Waals surface area contributed by atoms with Gasteiger partial charge in [0.15, 0.2) is 0 Å². The van der Waals surface area contributed by atoms with Crippen LogP contribution in [0.2, 0.25) is 0 Å². The normalized spacial score (nSPS) is 13.0. The zero-order valence-electron chi connectivity index (χ0n) is 16.7. The number of fused-ring (bicyclic) bond motifs is 1. The second kappa shape index (κ2) is 8.90. The smallest absolute Gasteiger partial charge is 0.251 e. The number of pyridine rings is 1. The number of nitrogens with zero attached hydrogens (tertiary/aromatic N) is 3. The first-order valence-electron chi connectivity index (χ1n) is 10.3. The Bertz CT molecular complexity index is 965. The molecule has 0 unspecified atom stereocenters. The molecule has 2 aromatic heterocycles. The van der Waals surface area contributed by atoms with Crippen molar-refractivity contribution < 1.29 is 9.53 Å². The second-order valence-electron chi connectivity index (χ2n) is 7.15. The Labute approximate surface area is 170 Å². The van der Waals surface area contributed by atoms with E-state index in [9.17, 15) is 4.79 Å². The molecule has 0 saturated heterocycles. The molecule has 0 atom stereocenters. The van der Waals surface area contributed by atoms with Crippen LogP contribution in [-0.2, 0) is 19.4 Å². The van der Waals surface area contributed by atoms with Crippen molar-refractivity contribution in [3.05, 3.63) is 65.6 Å². The lowest BCUT2D eigenvalue weighted by molar-refractivity contribution is 0.0952. The number of ether oxygens (including phenoxy) is 1. The number of carbonyl (C=O) groups is 1. The van der Waals surface area contributed by atoms with Gasteiger partial charge in [-0.1, -0.05) is 0 Å². The Morgan fingerprint density at radius 3 is 2.62 bits per heavy atom. The van der Waals surface area contributed by atoms with Crippen molar-refractivity contribution in [3.63, 3.8) is 0 Å². The van der Waals surface area contributed by atoms with Crippen molar-refractivity contribution in [1.29, 1.82) is 0 Å². The van der Waals surface area contributed by atoms with Crippen molar-refractivity contribution in [1.82, 2.24) is 20.1 Å². The molecule has 1 aromatic carbocycles. The number of amides is 1. The Morgan fingerprint density at radius 1 is 1.10 bits per heavy atom. The summed E-state index contributed by atoms with van der Waals surface area (Å²) in [6.45, 7) is 3.75. The van der Waals surface area contributed by atoms with Crippen LogP contribution < -0.4 is 10.1 Å². The predicted octanol–water partition coefficient (Wildman–Crippen LogP) is 3.65. The highest BCUT2D eigenvalue weighted by atomic mass is 16.5. The molecule has 0 saturated carbocycles. The van der Waals surface area contributed by atoms with Crippen molar-refractivity contribution >= 4 is 5.91 Å². The van der Waals surface area contributed by atoms with Gasteiger partial charge in [-0.2, -0.15) is 5.10 Å². The minimum Gasteiger partial charge on any atom is -0.494 e. The van der Waals surface area contributed by atoms with Crippen molar-refractivity contribution in [2.75, 3.05) is 13.2 Å². The van der Waals surface area contributed by atoms with Crippen LogP contribution in [-0.4, -0.2) is 33.8 Å². The van der Waals surface area contributed by atoms with Crippen molar-refractivity contribution in [3.8, 4) is 17.0 Å². The van der Waals surface area contributed by atoms with E-state index in [-0.39, 0.29) is 5.91 Å². The van der Waals surface area contributed by atoms with Gasteiger partial charge in [0, 0.05) is 41.3 Å². The summed E-state index contributed by atoms with van der Waals surface area (Å²) >= 11 is 0. The molecule has 1 N–H and O–H groups in total. The average Bonchev–Trinajstić information content (AvgIpc) is 3.14. The largest absolute Gasteiger partial charge is 0.494 e. The highest BCUT2D eigenvalue weighted by Crippen LogP contribution is 2.30. The molecule has 4 rings (SSSR count). The average molecular weight is 390 g/mol. The quantitative estimate of drug-likeness (QED) is 0.669. The molecule has 1 aliphatic carbocycles. The van der Waals surface area contributed by atoms with Crippen LogP contribution >= 0.6 is 0 Å². The van der Waals surface area contributed by atoms with E-state index in [1.165, 1.54) is 24.1 Å². The molecule has 0 fully saturated rings. The first kappa shape index (κ1) is 19.2. The van der Waals surface area contributed by atoms with Gasteiger partial charge in [-0.3, -0.25) is 14.5 Å². The third-order valence-corrected chi connectivity index (χ3v) is 5.25. The van der Waals surface area contributed by atoms with Crippen LogP contribution in [0.25, 0.3) is 11.3 Å². The third kappa shape index (κ3) is 4.31. The van der Waals surface area contributed by atoms with E-state index in [2.05, 4.69) is 15.0 Å². The first-order valence-corrected chi connectivity index (χ1v) is 10.3. The lowest BCUT2D eigenvalue weighted by Gasteiger charge is -2.14. The van der Waals surface area contributed by atoms with E-state index >= 15 is 0 Å². The molecule has 1 amide bonds. The van der Waals surface area contributed by atoms with Crippen molar-refractivity contribution in [2.24, 2.45) is 0 Å². The third-order valence-electron chi connectivity index (χ3n) is 5.25. The topological polar surface area (TPSA) is 69.0 Å². The fraction of sp³-hybridized carbons (Fsp3) is 0.348. The van der Waals surface area contributed by atoms with Crippen LogP contribution in [0, 0.1) is 0 Å². The summed E-state index contributed by atoms with van der Waals surface area (Å²) in [6.07, 6.45) is 8.10. The molecule has 2 heterocycles. The minimum atomic E-state index is -0.0802. The zero-order chi connectivity index (χ0) is 20.1. The number of carbonyl (C=O) groups excluding carboxylic acids is 1. The highest BCUT2D eigenvalue weighted by Gasteiger charge is 2.21. The van der Waals surface area contributed by atoms with Crippen LogP contribution in [0.1, 0.15) is 41.4 Å². The summed E-state index contributed by atoms with van der Waals surface area (Å²) in [4.78, 5) is 16.5. The van der Waals surface area contributed by atoms with Gasteiger partial charge in [-0.25, -0.2) is 0 Å². The molecular weight excluding hydrogens is 364 g/mol. The Balaban J connectivity index is 1.43. The van der Waals surface area contributed by atoms with E-state index in [4.69, 9.17) is 9.84 Å². The van der Waals surface area contributed by atoms with E-state index in [0.29, 0.717) is 25.3 Å². The van der Waals surface area contributed by atoms with Crippen LogP contribution in [0.5, 0.6) is 5.75 Å². The van der Waals surface area contributed by atoms with Gasteiger partial charge >= 0.3 is 0 Å². The van der Waals surface area contributed by atoms with Gasteiger partial charge in [0.1, 0.15) is 5.75 Å². The summed E-state index contributed by atoms with van der Waals surface area (Å²) in [7, 11) is 0. The molecule has 6 nitrogen and oxygen atoms in total. The Hall–Kier alpha value is -3.15. The molecule has 0 spiro atoms. The standard InChI is InChI=1S/C23H26N4O2/c1-2-29-19-9-7-18(8-10-19)23(28)25-15-16-27-21-6-4-3-5-20(21)22(26-27)17-11-13-24-14-12-17/h7-14H,2-6,15-16H2,1H3,(H,25,28). The zero-order valence-corrected chi connectivity index (χ0v) is 16.7. The summed E-state index contributed by atoms with van der Waals surface area (Å²) in [5.41, 5.74) is 5.45. The van der Waals surface area contributed by atoms with E-state index in [1.807, 2.05) is 31.2 Å². The van der Waals surface area contributed by atoms with Gasteiger partial charge in [-0.15, -0.1) is 0 Å². The van der Waals surface area contributed by atoms with Gasteiger partial charge in [0.2, 0.25) is 0 Å². The maximum atomic E-state index is 12.4. The minimum absolute atomic E-state index is 0.0802. The molecule has 6 heteroatoms. The number of hydrogen-bond donors (Lipinski definition) is 1. The number of rotatable bonds is 7. The van der Waals surface area contributed by atoms with Crippen molar-refractivity contribution in [2.45, 2.75) is 39.2 Å². The summed E-state index contributed by atoms with van der Waals surface area (Å²) in [6, 6.07) is 11.2. The number of benzene rings is 1. The van der Waals surface area contributed by atoms with Crippen LogP contribution in [0.15, 0.2) is 48.8 Å². The highest BCUT2D eigenvalue weighted by molar-refractivity contribution is 5.94. The van der Waals surface area contributed by atoms with Gasteiger partial charge < -0.3 is 10.1 Å². The first-order chi connectivity index (χ1) is 14.3. The molecule has 150 valence electrons. The summed E-state index contributed by atoms with van der Waals surface area (Å²) in [5, 5.41) is 7.89. The maximum absolute atomic E-state index is 12.4. The van der Waals surface area contributed by atoms with E-state index in [1.54, 1.807) is 24.5 Å². The molecular formula is C23H26N4O2. The lowest BCUT2D eigenvalue weighted by atomic mass is 9.94. The SMILES string of the molecule is CCOc1ccc(C(=O)NCCn2nc(-c3ccncc3)c3c2CCCC3)cc1. The Kier molecular flexibility index (Phi) is 5.89. The van der Waals surface area contributed by atoms with Gasteiger partial charge in [-0.05, 0) is 69.0 Å².